The van der Waals surface area contributed by atoms with Gasteiger partial charge in [0.1, 0.15) is 22.9 Å². The summed E-state index contributed by atoms with van der Waals surface area (Å²) < 4.78 is 60.3. The van der Waals surface area contributed by atoms with Crippen LogP contribution in [-0.4, -0.2) is 24.0 Å². The zero-order valence-electron chi connectivity index (χ0n) is 16.7. The van der Waals surface area contributed by atoms with Crippen molar-refractivity contribution in [1.29, 1.82) is 0 Å². The third kappa shape index (κ3) is 4.77. The van der Waals surface area contributed by atoms with E-state index in [0.29, 0.717) is 11.5 Å². The zero-order chi connectivity index (χ0) is 23.4. The summed E-state index contributed by atoms with van der Waals surface area (Å²) in [7, 11) is 1.47. The summed E-state index contributed by atoms with van der Waals surface area (Å²) in [4.78, 5) is 27.6. The normalized spacial score (nSPS) is 10.4. The summed E-state index contributed by atoms with van der Waals surface area (Å²) in [6.07, 6.45) is 1.40. The molecule has 0 radical (unpaired) electrons. The molecule has 0 spiro atoms. The molecule has 3 rings (SSSR count). The van der Waals surface area contributed by atoms with Crippen LogP contribution >= 0.6 is 0 Å². The number of nitrogens with one attached hydrogen (secondary N) is 3. The number of carbonyl (C=O) groups is 2. The van der Waals surface area contributed by atoms with E-state index in [2.05, 4.69) is 15.6 Å². The van der Waals surface area contributed by atoms with Crippen molar-refractivity contribution in [3.05, 3.63) is 77.1 Å². The molecule has 3 aromatic rings. The predicted octanol–water partition coefficient (Wildman–Crippen LogP) is 4.74. The molecule has 32 heavy (non-hydrogen) atoms. The summed E-state index contributed by atoms with van der Waals surface area (Å²) in [6, 6.07) is 7.73. The van der Waals surface area contributed by atoms with Gasteiger partial charge in [-0.2, -0.15) is 0 Å². The Morgan fingerprint density at radius 1 is 0.875 bits per heavy atom. The minimum atomic E-state index is -1.89. The quantitative estimate of drug-likeness (QED) is 0.299. The Morgan fingerprint density at radius 2 is 1.56 bits per heavy atom. The monoisotopic (exact) mass is 448 g/mol. The van der Waals surface area contributed by atoms with Gasteiger partial charge in [-0.3, -0.25) is 9.78 Å². The maximum atomic E-state index is 14.0. The highest BCUT2D eigenvalue weighted by Crippen LogP contribution is 2.28. The van der Waals surface area contributed by atoms with Gasteiger partial charge < -0.3 is 20.7 Å². The lowest BCUT2D eigenvalue weighted by molar-refractivity contribution is 0.0957. The second kappa shape index (κ2) is 9.33. The maximum absolute atomic E-state index is 14.0. The van der Waals surface area contributed by atoms with Crippen molar-refractivity contribution < 1.29 is 31.9 Å². The van der Waals surface area contributed by atoms with Crippen molar-refractivity contribution in [3.63, 3.8) is 0 Å². The number of hydrogen-bond donors (Lipinski definition) is 3. The van der Waals surface area contributed by atoms with E-state index in [1.807, 2.05) is 5.32 Å². The number of pyridine rings is 1. The molecule has 0 unspecified atom stereocenters. The van der Waals surface area contributed by atoms with E-state index in [4.69, 9.17) is 4.74 Å². The average Bonchev–Trinajstić information content (AvgIpc) is 2.80. The fourth-order valence-corrected chi connectivity index (χ4v) is 2.61. The number of carbonyl (C=O) groups excluding carboxylic acids is 2. The van der Waals surface area contributed by atoms with Crippen molar-refractivity contribution >= 4 is 23.3 Å². The van der Waals surface area contributed by atoms with Crippen molar-refractivity contribution in [3.8, 4) is 11.5 Å². The molecule has 0 atom stereocenters. The van der Waals surface area contributed by atoms with E-state index in [1.165, 1.54) is 43.6 Å². The highest BCUT2D eigenvalue weighted by atomic mass is 19.2. The molecule has 2 aromatic carbocycles. The number of amides is 3. The van der Waals surface area contributed by atoms with Gasteiger partial charge in [0, 0.05) is 30.6 Å². The van der Waals surface area contributed by atoms with E-state index < -0.39 is 40.6 Å². The highest BCUT2D eigenvalue weighted by Gasteiger charge is 2.24. The standard InChI is InChI=1S/C21H16F4N4O3/c1-10-15(22)17(24)18(25)19(16(10)23)29-21(31)28-11-3-5-12(6-4-11)32-13-7-8-27-14(9-13)20(30)26-2/h3-9H,1-2H3,(H,26,30)(H2,28,29,31). The van der Waals surface area contributed by atoms with Gasteiger partial charge in [0.15, 0.2) is 23.3 Å². The van der Waals surface area contributed by atoms with Crippen molar-refractivity contribution in [2.45, 2.75) is 6.92 Å². The molecule has 0 aliphatic rings. The Hall–Kier alpha value is -4.15. The molecule has 1 heterocycles. The largest absolute Gasteiger partial charge is 0.457 e. The number of anilines is 2. The average molecular weight is 448 g/mol. The molecule has 0 bridgehead atoms. The summed E-state index contributed by atoms with van der Waals surface area (Å²) >= 11 is 0. The molecule has 0 saturated carbocycles. The summed E-state index contributed by atoms with van der Waals surface area (Å²) in [5.41, 5.74) is -1.50. The van der Waals surface area contributed by atoms with Crippen LogP contribution in [0.2, 0.25) is 0 Å². The van der Waals surface area contributed by atoms with Crippen LogP contribution in [0, 0.1) is 30.2 Å². The SMILES string of the molecule is CNC(=O)c1cc(Oc2ccc(NC(=O)Nc3c(F)c(C)c(F)c(F)c3F)cc2)ccn1. The lowest BCUT2D eigenvalue weighted by atomic mass is 10.1. The topological polar surface area (TPSA) is 92.4 Å². The number of hydrogen-bond acceptors (Lipinski definition) is 4. The van der Waals surface area contributed by atoms with Gasteiger partial charge in [-0.15, -0.1) is 0 Å². The maximum Gasteiger partial charge on any atom is 0.323 e. The minimum absolute atomic E-state index is 0.159. The first-order chi connectivity index (χ1) is 15.2. The van der Waals surface area contributed by atoms with Crippen LogP contribution in [0.4, 0.5) is 33.7 Å². The van der Waals surface area contributed by atoms with E-state index in [9.17, 15) is 27.2 Å². The van der Waals surface area contributed by atoms with Gasteiger partial charge >= 0.3 is 6.03 Å². The first-order valence-electron chi connectivity index (χ1n) is 9.07. The van der Waals surface area contributed by atoms with Gasteiger partial charge in [0.2, 0.25) is 0 Å². The Bertz CT molecular complexity index is 1160. The second-order valence-electron chi connectivity index (χ2n) is 6.42. The zero-order valence-corrected chi connectivity index (χ0v) is 16.7. The molecule has 7 nitrogen and oxygen atoms in total. The smallest absolute Gasteiger partial charge is 0.323 e. The van der Waals surface area contributed by atoms with Crippen LogP contribution < -0.4 is 20.7 Å². The molecule has 3 amide bonds. The second-order valence-corrected chi connectivity index (χ2v) is 6.42. The van der Waals surface area contributed by atoms with Crippen LogP contribution in [0.25, 0.3) is 0 Å². The van der Waals surface area contributed by atoms with Crippen molar-refractivity contribution in [1.82, 2.24) is 10.3 Å². The molecule has 1 aromatic heterocycles. The number of urea groups is 1. The van der Waals surface area contributed by atoms with Gasteiger partial charge in [-0.05, 0) is 37.3 Å². The number of rotatable bonds is 5. The van der Waals surface area contributed by atoms with Crippen LogP contribution in [0.5, 0.6) is 11.5 Å². The molecule has 3 N–H and O–H groups in total. The van der Waals surface area contributed by atoms with E-state index in [-0.39, 0.29) is 17.3 Å². The molecule has 0 aliphatic carbocycles. The number of ether oxygens (including phenoxy) is 1. The highest BCUT2D eigenvalue weighted by molar-refractivity contribution is 6.00. The number of benzene rings is 2. The minimum Gasteiger partial charge on any atom is -0.457 e. The van der Waals surface area contributed by atoms with E-state index in [0.717, 1.165) is 6.92 Å². The first kappa shape index (κ1) is 22.5. The van der Waals surface area contributed by atoms with Crippen LogP contribution in [-0.2, 0) is 0 Å². The molecule has 0 saturated heterocycles. The van der Waals surface area contributed by atoms with Gasteiger partial charge in [0.05, 0.1) is 0 Å². The van der Waals surface area contributed by atoms with Crippen LogP contribution in [0.15, 0.2) is 42.6 Å². The summed E-state index contributed by atoms with van der Waals surface area (Å²) in [6.45, 7) is 0.912. The number of nitrogens with zero attached hydrogens (tertiary/aromatic N) is 1. The van der Waals surface area contributed by atoms with Gasteiger partial charge in [0.25, 0.3) is 5.91 Å². The first-order valence-corrected chi connectivity index (χ1v) is 9.07. The van der Waals surface area contributed by atoms with E-state index in [1.54, 1.807) is 6.07 Å². The summed E-state index contributed by atoms with van der Waals surface area (Å²) in [5.74, 6) is -6.51. The number of halogens is 4. The van der Waals surface area contributed by atoms with Crippen molar-refractivity contribution in [2.75, 3.05) is 17.7 Å². The van der Waals surface area contributed by atoms with Crippen LogP contribution in [0.3, 0.4) is 0 Å². The molecule has 166 valence electrons. The lowest BCUT2D eigenvalue weighted by Gasteiger charge is -2.12. The Morgan fingerprint density at radius 3 is 2.22 bits per heavy atom. The molecule has 0 fully saturated rings. The van der Waals surface area contributed by atoms with Crippen molar-refractivity contribution in [2.24, 2.45) is 0 Å². The Labute approximate surface area is 179 Å². The molecule has 11 heteroatoms. The van der Waals surface area contributed by atoms with Gasteiger partial charge in [-0.25, -0.2) is 22.4 Å². The third-order valence-corrected chi connectivity index (χ3v) is 4.26. The fourth-order valence-electron chi connectivity index (χ4n) is 2.61. The predicted molar refractivity (Wildman–Crippen MR) is 108 cm³/mol. The fraction of sp³-hybridized carbons (Fsp3) is 0.0952. The lowest BCUT2D eigenvalue weighted by Crippen LogP contribution is -2.22. The number of aromatic nitrogens is 1. The van der Waals surface area contributed by atoms with Gasteiger partial charge in [-0.1, -0.05) is 0 Å². The Balaban J connectivity index is 1.68. The Kier molecular flexibility index (Phi) is 6.57. The molecular weight excluding hydrogens is 432 g/mol. The van der Waals surface area contributed by atoms with E-state index >= 15 is 0 Å². The third-order valence-electron chi connectivity index (χ3n) is 4.26. The summed E-state index contributed by atoms with van der Waals surface area (Å²) in [5, 5.41) is 6.57. The molecule has 0 aliphatic heterocycles. The van der Waals surface area contributed by atoms with Crippen LogP contribution in [0.1, 0.15) is 16.1 Å². The molecular formula is C21H16F4N4O3.